The maximum Gasteiger partial charge on any atom is 0.147 e. The van der Waals surface area contributed by atoms with Crippen LogP contribution in [0.25, 0.3) is 0 Å². The second-order valence-electron chi connectivity index (χ2n) is 14.1. The van der Waals surface area contributed by atoms with Crippen molar-refractivity contribution in [2.75, 3.05) is 60.4 Å². The molecule has 2 fully saturated rings. The van der Waals surface area contributed by atoms with Crippen molar-refractivity contribution in [2.24, 2.45) is 20.0 Å². The first-order valence-corrected chi connectivity index (χ1v) is 18.4. The van der Waals surface area contributed by atoms with Crippen molar-refractivity contribution in [3.8, 4) is 0 Å². The number of nitrogens with zero attached hydrogens (tertiary/aromatic N) is 12. The van der Waals surface area contributed by atoms with Crippen molar-refractivity contribution in [2.45, 2.75) is 68.7 Å². The van der Waals surface area contributed by atoms with Crippen LogP contribution < -0.4 is 0 Å². The molecule has 0 saturated carbocycles. The topological polar surface area (TPSA) is 110 Å². The Hall–Kier alpha value is -4.39. The fraction of sp³-hybridized carbons (Fsp3) is 0.537. The molecular formula is C41H68N12. The minimum absolute atomic E-state index is 0.822. The number of hydrogen-bond donors (Lipinski definition) is 0. The highest BCUT2D eigenvalue weighted by molar-refractivity contribution is 5.19. The lowest BCUT2D eigenvalue weighted by atomic mass is 10.2. The van der Waals surface area contributed by atoms with E-state index >= 15 is 0 Å². The summed E-state index contributed by atoms with van der Waals surface area (Å²) >= 11 is 0. The van der Waals surface area contributed by atoms with Crippen LogP contribution in [0.3, 0.4) is 0 Å². The molecule has 53 heavy (non-hydrogen) atoms. The Bertz CT molecular complexity index is 1350. The quantitative estimate of drug-likeness (QED) is 0.184. The van der Waals surface area contributed by atoms with Gasteiger partial charge in [-0.3, -0.25) is 9.36 Å². The summed E-state index contributed by atoms with van der Waals surface area (Å²) in [7, 11) is 10.3. The highest BCUT2D eigenvalue weighted by atomic mass is 15.3. The molecule has 5 aromatic rings. The second kappa shape index (κ2) is 26.4. The first-order chi connectivity index (χ1) is 25.0. The molecule has 0 radical (unpaired) electrons. The molecular weight excluding hydrogens is 661 g/mol. The zero-order chi connectivity index (χ0) is 39.8. The number of likely N-dealkylation sites (tertiary alicyclic amines) is 1. The molecule has 2 saturated heterocycles. The number of piperazine rings is 1. The molecule has 7 rings (SSSR count). The average Bonchev–Trinajstić information content (AvgIpc) is 3.83. The molecule has 12 heteroatoms. The van der Waals surface area contributed by atoms with Crippen molar-refractivity contribution < 1.29 is 0 Å². The van der Waals surface area contributed by atoms with E-state index in [0.29, 0.717) is 0 Å². The van der Waals surface area contributed by atoms with E-state index in [0.717, 1.165) is 40.2 Å². The normalized spacial score (nSPS) is 15.2. The fourth-order valence-corrected chi connectivity index (χ4v) is 4.59. The molecule has 12 nitrogen and oxygen atoms in total. The molecule has 0 spiro atoms. The van der Waals surface area contributed by atoms with Crippen LogP contribution in [-0.4, -0.2) is 120 Å². The number of rotatable bonds is 0. The number of aryl methyl sites for hydroxylation is 10. The van der Waals surface area contributed by atoms with E-state index < -0.39 is 0 Å². The van der Waals surface area contributed by atoms with Gasteiger partial charge in [0.2, 0.25) is 0 Å². The average molecular weight is 729 g/mol. The van der Waals surface area contributed by atoms with Crippen molar-refractivity contribution in [1.29, 1.82) is 0 Å². The molecule has 0 bridgehead atoms. The lowest BCUT2D eigenvalue weighted by molar-refractivity contribution is 0.181. The summed E-state index contributed by atoms with van der Waals surface area (Å²) in [6.45, 7) is 25.6. The summed E-state index contributed by atoms with van der Waals surface area (Å²) in [4.78, 5) is 26.8. The van der Waals surface area contributed by atoms with Crippen LogP contribution in [0.15, 0.2) is 67.6 Å². The minimum atomic E-state index is 0.822. The van der Waals surface area contributed by atoms with E-state index in [-0.39, 0.29) is 0 Å². The van der Waals surface area contributed by atoms with E-state index in [4.69, 9.17) is 0 Å². The van der Waals surface area contributed by atoms with Gasteiger partial charge in [-0.1, -0.05) is 42.3 Å². The smallest absolute Gasteiger partial charge is 0.147 e. The molecule has 2 aliphatic heterocycles. The number of aromatic nitrogens is 9. The molecule has 1 atom stereocenters. The maximum atomic E-state index is 4.03. The van der Waals surface area contributed by atoms with E-state index in [1.54, 1.807) is 15.7 Å². The van der Waals surface area contributed by atoms with Crippen LogP contribution >= 0.6 is 0 Å². The number of benzene rings is 1. The predicted molar refractivity (Wildman–Crippen MR) is 219 cm³/mol. The summed E-state index contributed by atoms with van der Waals surface area (Å²) in [5.74, 6) is 3.43. The number of likely N-dealkylation sites (N-methyl/N-ethyl adjacent to an activating group) is 2. The van der Waals surface area contributed by atoms with Gasteiger partial charge in [0.25, 0.3) is 0 Å². The van der Waals surface area contributed by atoms with E-state index in [9.17, 15) is 0 Å². The van der Waals surface area contributed by atoms with Crippen molar-refractivity contribution in [1.82, 2.24) is 59.2 Å². The minimum Gasteiger partial charge on any atom is -0.306 e. The van der Waals surface area contributed by atoms with Gasteiger partial charge >= 0.3 is 0 Å². The summed E-state index contributed by atoms with van der Waals surface area (Å²) in [5.41, 5.74) is 5.94. The van der Waals surface area contributed by atoms with Gasteiger partial charge in [0, 0.05) is 77.8 Å². The third kappa shape index (κ3) is 25.3. The van der Waals surface area contributed by atoms with Gasteiger partial charge in [0.1, 0.15) is 23.8 Å². The zero-order valence-corrected chi connectivity index (χ0v) is 35.2. The Balaban J connectivity index is 0.000000309. The third-order valence-corrected chi connectivity index (χ3v) is 7.95. The Kier molecular flexibility index (Phi) is 23.2. The fourth-order valence-electron chi connectivity index (χ4n) is 4.59. The molecule has 0 aliphatic carbocycles. The molecule has 1 aromatic carbocycles. The SMILES string of the molecule is CC1CCN(C)C1.CN1CCN(C)CC1.Cc1ccc(C)cc1.Cc1ccn(C)n1.Cc1cnc(C)nc1.Cc1cnc(C)nc1.Cc1ncn(C)n1. The van der Waals surface area contributed by atoms with Crippen LogP contribution in [0.5, 0.6) is 0 Å². The first kappa shape index (κ1) is 46.6. The molecule has 4 aromatic heterocycles. The van der Waals surface area contributed by atoms with Crippen LogP contribution in [0.2, 0.25) is 0 Å². The second-order valence-corrected chi connectivity index (χ2v) is 14.1. The largest absolute Gasteiger partial charge is 0.306 e. The van der Waals surface area contributed by atoms with Crippen molar-refractivity contribution in [3.05, 3.63) is 113 Å². The maximum absolute atomic E-state index is 4.03. The Morgan fingerprint density at radius 3 is 1.09 bits per heavy atom. The van der Waals surface area contributed by atoms with Gasteiger partial charge in [-0.2, -0.15) is 10.2 Å². The van der Waals surface area contributed by atoms with Gasteiger partial charge in [0.15, 0.2) is 0 Å². The van der Waals surface area contributed by atoms with Gasteiger partial charge in [-0.25, -0.2) is 24.9 Å². The van der Waals surface area contributed by atoms with Crippen LogP contribution in [0.4, 0.5) is 0 Å². The van der Waals surface area contributed by atoms with E-state index in [1.807, 2.05) is 92.7 Å². The Morgan fingerprint density at radius 1 is 0.472 bits per heavy atom. The van der Waals surface area contributed by atoms with E-state index in [1.165, 1.54) is 56.8 Å². The van der Waals surface area contributed by atoms with Gasteiger partial charge in [-0.15, -0.1) is 0 Å². The molecule has 6 heterocycles. The molecule has 2 aliphatic rings. The van der Waals surface area contributed by atoms with Gasteiger partial charge in [0.05, 0.1) is 5.69 Å². The highest BCUT2D eigenvalue weighted by Crippen LogP contribution is 2.11. The van der Waals surface area contributed by atoms with Gasteiger partial charge in [-0.05, 0) is 113 Å². The summed E-state index contributed by atoms with van der Waals surface area (Å²) in [6, 6.07) is 10.5. The molecule has 292 valence electrons. The predicted octanol–water partition coefficient (Wildman–Crippen LogP) is 6.16. The number of hydrogen-bond acceptors (Lipinski definition) is 10. The van der Waals surface area contributed by atoms with E-state index in [2.05, 4.69) is 116 Å². The monoisotopic (exact) mass is 729 g/mol. The zero-order valence-electron chi connectivity index (χ0n) is 35.2. The summed E-state index contributed by atoms with van der Waals surface area (Å²) in [5, 5.41) is 7.94. The van der Waals surface area contributed by atoms with Crippen LogP contribution in [0.1, 0.15) is 58.8 Å². The Morgan fingerprint density at radius 2 is 0.906 bits per heavy atom. The van der Waals surface area contributed by atoms with Crippen LogP contribution in [-0.2, 0) is 14.1 Å². The molecule has 1 unspecified atom stereocenters. The van der Waals surface area contributed by atoms with Crippen LogP contribution in [0, 0.1) is 61.3 Å². The lowest BCUT2D eigenvalue weighted by Gasteiger charge is -2.28. The molecule has 0 amide bonds. The standard InChI is InChI=1S/C8H10.C6H14N2.2C6H8N2.C6H13N.C5H8N2.C4H7N3/c2*1-7-3-5-8(2)6-4-7;2*1-5-3-7-6(2)8-4-5;1-6-3-4-7(2)5-6;1-5-3-4-7(2)6-5;1-4-5-3-7(2)6-4/h3-6H,1-2H3;3-6H2,1-2H3;2*3-4H,1-2H3;6H,3-5H2,1-2H3;3-4H,1-2H3;3H,1-2H3. The summed E-state index contributed by atoms with van der Waals surface area (Å²) in [6.07, 6.45) is 12.2. The Labute approximate surface area is 320 Å². The van der Waals surface area contributed by atoms with Gasteiger partial charge < -0.3 is 14.7 Å². The molecule has 0 N–H and O–H groups in total. The first-order valence-electron chi connectivity index (χ1n) is 18.4. The summed E-state index contributed by atoms with van der Waals surface area (Å²) < 4.78 is 3.46. The van der Waals surface area contributed by atoms with Crippen molar-refractivity contribution in [3.63, 3.8) is 0 Å². The van der Waals surface area contributed by atoms with Crippen molar-refractivity contribution >= 4 is 0 Å². The lowest BCUT2D eigenvalue weighted by Crippen LogP contribution is -2.42. The highest BCUT2D eigenvalue weighted by Gasteiger charge is 2.13. The third-order valence-electron chi connectivity index (χ3n) is 7.95.